The zero-order valence-electron chi connectivity index (χ0n) is 19.2. The summed E-state index contributed by atoms with van der Waals surface area (Å²) in [6, 6.07) is 15.0. The number of nitrogens with one attached hydrogen (secondary N) is 1. The molecule has 0 saturated heterocycles. The van der Waals surface area contributed by atoms with Crippen LogP contribution in [0.5, 0.6) is 0 Å². The molecule has 3 heterocycles. The number of fused-ring (bicyclic) bond motifs is 1. The third kappa shape index (κ3) is 4.62. The van der Waals surface area contributed by atoms with E-state index in [1.165, 1.54) is 16.8 Å². The van der Waals surface area contributed by atoms with E-state index >= 15 is 0 Å². The zero-order valence-corrected chi connectivity index (χ0v) is 19.2. The first-order valence-electron chi connectivity index (χ1n) is 12.0. The summed E-state index contributed by atoms with van der Waals surface area (Å²) >= 11 is 0. The molecule has 2 aliphatic rings. The first kappa shape index (κ1) is 21.6. The van der Waals surface area contributed by atoms with Gasteiger partial charge in [0.1, 0.15) is 0 Å². The van der Waals surface area contributed by atoms with Crippen LogP contribution in [-0.4, -0.2) is 44.7 Å². The Morgan fingerprint density at radius 3 is 2.67 bits per heavy atom. The van der Waals surface area contributed by atoms with Crippen LogP contribution >= 0.6 is 0 Å². The molecule has 1 aromatic carbocycles. The number of aryl methyl sites for hydroxylation is 1. The number of aromatic nitrogens is 3. The second-order valence-corrected chi connectivity index (χ2v) is 8.86. The Hall–Kier alpha value is -3.25. The molecule has 1 aliphatic heterocycles. The Morgan fingerprint density at radius 2 is 1.94 bits per heavy atom. The summed E-state index contributed by atoms with van der Waals surface area (Å²) in [6.07, 6.45) is 9.93. The zero-order chi connectivity index (χ0) is 22.6. The Labute approximate surface area is 195 Å². The van der Waals surface area contributed by atoms with Gasteiger partial charge in [-0.1, -0.05) is 36.4 Å². The van der Waals surface area contributed by atoms with Crippen LogP contribution in [0.25, 0.3) is 5.57 Å². The molecule has 0 spiro atoms. The van der Waals surface area contributed by atoms with E-state index in [9.17, 15) is 4.79 Å². The van der Waals surface area contributed by atoms with Crippen molar-refractivity contribution >= 4 is 11.5 Å². The van der Waals surface area contributed by atoms with Crippen molar-refractivity contribution in [2.24, 2.45) is 0 Å². The summed E-state index contributed by atoms with van der Waals surface area (Å²) < 4.78 is 2.02. The van der Waals surface area contributed by atoms with Gasteiger partial charge in [-0.15, -0.1) is 0 Å². The van der Waals surface area contributed by atoms with Crippen molar-refractivity contribution < 1.29 is 4.79 Å². The van der Waals surface area contributed by atoms with Crippen molar-refractivity contribution in [2.45, 2.75) is 51.7 Å². The highest BCUT2D eigenvalue weighted by Gasteiger charge is 2.32. The molecule has 6 heteroatoms. The van der Waals surface area contributed by atoms with Crippen molar-refractivity contribution in [3.05, 3.63) is 89.0 Å². The Balaban J connectivity index is 1.29. The van der Waals surface area contributed by atoms with Gasteiger partial charge in [0.2, 0.25) is 0 Å². The molecule has 1 aliphatic carbocycles. The first-order valence-corrected chi connectivity index (χ1v) is 12.0. The molecule has 6 nitrogen and oxygen atoms in total. The molecule has 3 aromatic rings. The summed E-state index contributed by atoms with van der Waals surface area (Å²) in [5.41, 5.74) is 6.79. The highest BCUT2D eigenvalue weighted by molar-refractivity contribution is 5.94. The predicted molar refractivity (Wildman–Crippen MR) is 130 cm³/mol. The normalized spacial score (nSPS) is 18.5. The van der Waals surface area contributed by atoms with Gasteiger partial charge in [0.05, 0.1) is 0 Å². The van der Waals surface area contributed by atoms with Gasteiger partial charge < -0.3 is 5.32 Å². The van der Waals surface area contributed by atoms with E-state index < -0.39 is 0 Å². The first-order chi connectivity index (χ1) is 16.2. The fraction of sp³-hybridized carbons (Fsp3) is 0.370. The maximum atomic E-state index is 13.1. The minimum atomic E-state index is -0.0826. The summed E-state index contributed by atoms with van der Waals surface area (Å²) in [4.78, 5) is 19.7. The minimum Gasteiger partial charge on any atom is -0.347 e. The molecular formula is C27H31N5O. The number of hydrogen-bond donors (Lipinski definition) is 1. The Morgan fingerprint density at radius 1 is 1.12 bits per heavy atom. The van der Waals surface area contributed by atoms with Crippen LogP contribution in [0.1, 0.15) is 52.6 Å². The average Bonchev–Trinajstić information content (AvgIpc) is 3.27. The molecule has 170 valence electrons. The van der Waals surface area contributed by atoms with Crippen LogP contribution in [0.15, 0.2) is 60.9 Å². The second kappa shape index (κ2) is 9.71. The lowest BCUT2D eigenvalue weighted by Gasteiger charge is -2.36. The number of rotatable bonds is 6. The summed E-state index contributed by atoms with van der Waals surface area (Å²) in [7, 11) is 0. The lowest BCUT2D eigenvalue weighted by Crippen LogP contribution is -2.42. The van der Waals surface area contributed by atoms with Crippen LogP contribution < -0.4 is 5.32 Å². The van der Waals surface area contributed by atoms with Gasteiger partial charge in [0, 0.05) is 55.9 Å². The van der Waals surface area contributed by atoms with Crippen molar-refractivity contribution in [2.75, 3.05) is 13.1 Å². The second-order valence-electron chi connectivity index (χ2n) is 8.86. The van der Waals surface area contributed by atoms with Crippen LogP contribution in [0.4, 0.5) is 0 Å². The van der Waals surface area contributed by atoms with E-state index in [0.717, 1.165) is 56.4 Å². The van der Waals surface area contributed by atoms with Crippen molar-refractivity contribution in [3.63, 3.8) is 0 Å². The van der Waals surface area contributed by atoms with Crippen LogP contribution in [0.2, 0.25) is 0 Å². The molecule has 33 heavy (non-hydrogen) atoms. The number of benzene rings is 1. The lowest BCUT2D eigenvalue weighted by molar-refractivity contribution is 0.0943. The van der Waals surface area contributed by atoms with E-state index in [1.54, 1.807) is 12.4 Å². The molecule has 1 amide bonds. The monoisotopic (exact) mass is 441 g/mol. The van der Waals surface area contributed by atoms with E-state index in [-0.39, 0.29) is 5.91 Å². The van der Waals surface area contributed by atoms with E-state index in [2.05, 4.69) is 58.5 Å². The number of pyridine rings is 1. The maximum Gasteiger partial charge on any atom is 0.272 e. The predicted octanol–water partition coefficient (Wildman–Crippen LogP) is 3.87. The number of amides is 1. The van der Waals surface area contributed by atoms with E-state index in [4.69, 9.17) is 5.10 Å². The smallest absolute Gasteiger partial charge is 0.272 e. The summed E-state index contributed by atoms with van der Waals surface area (Å²) in [6.45, 7) is 5.40. The van der Waals surface area contributed by atoms with Gasteiger partial charge >= 0.3 is 0 Å². The van der Waals surface area contributed by atoms with Gasteiger partial charge in [0.25, 0.3) is 5.91 Å². The van der Waals surface area contributed by atoms with Crippen LogP contribution in [0.3, 0.4) is 0 Å². The van der Waals surface area contributed by atoms with Crippen molar-refractivity contribution in [1.29, 1.82) is 0 Å². The number of carbonyl (C=O) groups excluding carboxylic acids is 1. The largest absolute Gasteiger partial charge is 0.347 e. The average molecular weight is 442 g/mol. The van der Waals surface area contributed by atoms with Crippen molar-refractivity contribution in [1.82, 2.24) is 25.0 Å². The quantitative estimate of drug-likeness (QED) is 0.631. The highest BCUT2D eigenvalue weighted by atomic mass is 16.1. The molecule has 0 saturated carbocycles. The third-order valence-electron chi connectivity index (χ3n) is 6.94. The van der Waals surface area contributed by atoms with Gasteiger partial charge in [-0.25, -0.2) is 0 Å². The number of nitrogens with zero attached hydrogens (tertiary/aromatic N) is 4. The SMILES string of the molecule is CCn1nc(C(=O)NCc2ccncc2)c2c1CC[C@H](N1CC=C(c3ccccc3)CC1)C2. The van der Waals surface area contributed by atoms with Gasteiger partial charge in [0.15, 0.2) is 5.69 Å². The third-order valence-corrected chi connectivity index (χ3v) is 6.94. The highest BCUT2D eigenvalue weighted by Crippen LogP contribution is 2.30. The molecule has 1 N–H and O–H groups in total. The van der Waals surface area contributed by atoms with E-state index in [0.29, 0.717) is 18.3 Å². The Kier molecular flexibility index (Phi) is 6.35. The molecule has 5 rings (SSSR count). The van der Waals surface area contributed by atoms with Crippen LogP contribution in [0, 0.1) is 0 Å². The topological polar surface area (TPSA) is 63.1 Å². The summed E-state index contributed by atoms with van der Waals surface area (Å²) in [5, 5.41) is 7.77. The molecule has 0 bridgehead atoms. The molecule has 0 fully saturated rings. The minimum absolute atomic E-state index is 0.0826. The molecule has 1 atom stereocenters. The summed E-state index contributed by atoms with van der Waals surface area (Å²) in [5.74, 6) is -0.0826. The molecule has 2 aromatic heterocycles. The van der Waals surface area contributed by atoms with Crippen molar-refractivity contribution in [3.8, 4) is 0 Å². The number of carbonyl (C=O) groups is 1. The lowest BCUT2D eigenvalue weighted by atomic mass is 9.88. The molecular weight excluding hydrogens is 410 g/mol. The van der Waals surface area contributed by atoms with Gasteiger partial charge in [-0.2, -0.15) is 5.10 Å². The maximum absolute atomic E-state index is 13.1. The van der Waals surface area contributed by atoms with E-state index in [1.807, 2.05) is 16.8 Å². The molecule has 0 unspecified atom stereocenters. The fourth-order valence-corrected chi connectivity index (χ4v) is 5.12. The molecule has 0 radical (unpaired) electrons. The van der Waals surface area contributed by atoms with Gasteiger partial charge in [-0.05, 0) is 61.4 Å². The standard InChI is InChI=1S/C27H31N5O/c1-2-32-25-9-8-23(31-16-12-22(13-17-31)21-6-4-3-5-7-21)18-24(25)26(30-32)27(33)29-19-20-10-14-28-15-11-20/h3-7,10-12,14-15,23H,2,8-9,13,16-19H2,1H3,(H,29,33)/t23-/m0/s1. The number of hydrogen-bond acceptors (Lipinski definition) is 4. The fourth-order valence-electron chi connectivity index (χ4n) is 5.12. The van der Waals surface area contributed by atoms with Crippen LogP contribution in [-0.2, 0) is 25.9 Å². The Bertz CT molecular complexity index is 1140. The van der Waals surface area contributed by atoms with Gasteiger partial charge in [-0.3, -0.25) is 19.4 Å².